The third-order valence-electron chi connectivity index (χ3n) is 4.15. The van der Waals surface area contributed by atoms with Gasteiger partial charge < -0.3 is 10.1 Å². The van der Waals surface area contributed by atoms with Crippen molar-refractivity contribution in [2.75, 3.05) is 11.9 Å². The molecule has 26 heavy (non-hydrogen) atoms. The van der Waals surface area contributed by atoms with E-state index < -0.39 is 0 Å². The van der Waals surface area contributed by atoms with Crippen LogP contribution < -0.4 is 10.1 Å². The lowest BCUT2D eigenvalue weighted by atomic mass is 10.1. The summed E-state index contributed by atoms with van der Waals surface area (Å²) < 4.78 is 5.41. The van der Waals surface area contributed by atoms with E-state index in [1.165, 1.54) is 22.5 Å². The minimum Gasteiger partial charge on any atom is -0.494 e. The number of nitrogens with zero attached hydrogens (tertiary/aromatic N) is 1. The number of thiazole rings is 1. The van der Waals surface area contributed by atoms with E-state index in [0.29, 0.717) is 18.2 Å². The van der Waals surface area contributed by atoms with Crippen molar-refractivity contribution in [1.82, 2.24) is 4.98 Å². The van der Waals surface area contributed by atoms with E-state index in [-0.39, 0.29) is 5.91 Å². The maximum Gasteiger partial charge on any atom is 0.230 e. The smallest absolute Gasteiger partial charge is 0.230 e. The molecule has 0 unspecified atom stereocenters. The van der Waals surface area contributed by atoms with Gasteiger partial charge in [0.05, 0.1) is 18.7 Å². The fourth-order valence-electron chi connectivity index (χ4n) is 2.58. The van der Waals surface area contributed by atoms with Gasteiger partial charge >= 0.3 is 0 Å². The summed E-state index contributed by atoms with van der Waals surface area (Å²) in [7, 11) is 0. The van der Waals surface area contributed by atoms with E-state index in [0.717, 1.165) is 22.6 Å². The Kier molecular flexibility index (Phi) is 5.68. The van der Waals surface area contributed by atoms with E-state index in [2.05, 4.69) is 42.3 Å². The molecule has 134 valence electrons. The third-order valence-corrected chi connectivity index (χ3v) is 4.91. The second-order valence-electron chi connectivity index (χ2n) is 6.14. The Morgan fingerprint density at radius 1 is 1.12 bits per heavy atom. The number of rotatable bonds is 6. The Labute approximate surface area is 157 Å². The number of anilines is 1. The second-order valence-corrected chi connectivity index (χ2v) is 7.00. The number of aromatic nitrogens is 1. The fourth-order valence-corrected chi connectivity index (χ4v) is 3.32. The first kappa shape index (κ1) is 18.1. The van der Waals surface area contributed by atoms with Gasteiger partial charge in [-0.1, -0.05) is 24.3 Å². The SMILES string of the molecule is CCOc1ccc(CC(=O)Nc2nc(-c3ccc(C)c(C)c3)cs2)cc1. The van der Waals surface area contributed by atoms with Crippen LogP contribution in [-0.2, 0) is 11.2 Å². The molecular weight excluding hydrogens is 344 g/mol. The maximum atomic E-state index is 12.3. The van der Waals surface area contributed by atoms with Crippen LogP contribution in [0.1, 0.15) is 23.6 Å². The number of amides is 1. The molecule has 5 heteroatoms. The van der Waals surface area contributed by atoms with Crippen LogP contribution in [0.2, 0.25) is 0 Å². The topological polar surface area (TPSA) is 51.2 Å². The highest BCUT2D eigenvalue weighted by Crippen LogP contribution is 2.26. The highest BCUT2D eigenvalue weighted by molar-refractivity contribution is 7.14. The minimum absolute atomic E-state index is 0.0739. The molecule has 1 heterocycles. The predicted octanol–water partition coefficient (Wildman–Crippen LogP) is 5.01. The standard InChI is InChI=1S/C21H22N2O2S/c1-4-25-18-9-6-16(7-10-18)12-20(24)23-21-22-19(13-26-21)17-8-5-14(2)15(3)11-17/h5-11,13H,4,12H2,1-3H3,(H,22,23,24). The summed E-state index contributed by atoms with van der Waals surface area (Å²) in [4.78, 5) is 16.8. The molecule has 1 aromatic heterocycles. The van der Waals surface area contributed by atoms with Crippen LogP contribution in [0.4, 0.5) is 5.13 Å². The first-order chi connectivity index (χ1) is 12.5. The molecule has 2 aromatic carbocycles. The molecule has 0 saturated heterocycles. The number of carbonyl (C=O) groups is 1. The van der Waals surface area contributed by atoms with Gasteiger partial charge in [-0.2, -0.15) is 0 Å². The lowest BCUT2D eigenvalue weighted by Gasteiger charge is -2.05. The molecule has 0 aliphatic carbocycles. The Bertz CT molecular complexity index is 901. The molecule has 1 amide bonds. The van der Waals surface area contributed by atoms with Gasteiger partial charge in [0.2, 0.25) is 5.91 Å². The van der Waals surface area contributed by atoms with Gasteiger partial charge in [0.15, 0.2) is 5.13 Å². The number of benzene rings is 2. The minimum atomic E-state index is -0.0739. The van der Waals surface area contributed by atoms with E-state index >= 15 is 0 Å². The number of ether oxygens (including phenoxy) is 1. The number of nitrogens with one attached hydrogen (secondary N) is 1. The number of carbonyl (C=O) groups excluding carboxylic acids is 1. The van der Waals surface area contributed by atoms with E-state index in [1.54, 1.807) is 0 Å². The van der Waals surface area contributed by atoms with Crippen molar-refractivity contribution < 1.29 is 9.53 Å². The normalized spacial score (nSPS) is 10.6. The van der Waals surface area contributed by atoms with Crippen molar-refractivity contribution in [3.05, 3.63) is 64.5 Å². The molecule has 3 rings (SSSR count). The first-order valence-corrected chi connectivity index (χ1v) is 9.48. The van der Waals surface area contributed by atoms with Gasteiger partial charge in [0, 0.05) is 10.9 Å². The zero-order valence-corrected chi connectivity index (χ0v) is 16.0. The van der Waals surface area contributed by atoms with Crippen molar-refractivity contribution >= 4 is 22.4 Å². The van der Waals surface area contributed by atoms with Gasteiger partial charge in [-0.15, -0.1) is 11.3 Å². The Balaban J connectivity index is 1.63. The highest BCUT2D eigenvalue weighted by atomic mass is 32.1. The summed E-state index contributed by atoms with van der Waals surface area (Å²) in [6, 6.07) is 13.9. The van der Waals surface area contributed by atoms with Crippen LogP contribution in [0.25, 0.3) is 11.3 Å². The summed E-state index contributed by atoms with van der Waals surface area (Å²) >= 11 is 1.44. The van der Waals surface area contributed by atoms with Crippen molar-refractivity contribution in [3.8, 4) is 17.0 Å². The van der Waals surface area contributed by atoms with Gasteiger partial charge in [-0.05, 0) is 55.7 Å². The molecule has 0 fully saturated rings. The molecule has 0 spiro atoms. The summed E-state index contributed by atoms with van der Waals surface area (Å²) in [5.74, 6) is 0.741. The summed E-state index contributed by atoms with van der Waals surface area (Å²) in [5.41, 5.74) is 5.38. The molecule has 4 nitrogen and oxygen atoms in total. The molecule has 0 aliphatic rings. The van der Waals surface area contributed by atoms with E-state index in [1.807, 2.05) is 36.6 Å². The van der Waals surface area contributed by atoms with Gasteiger partial charge in [0.1, 0.15) is 5.75 Å². The molecule has 1 N–H and O–H groups in total. The zero-order chi connectivity index (χ0) is 18.5. The van der Waals surface area contributed by atoms with Gasteiger partial charge in [0.25, 0.3) is 0 Å². The maximum absolute atomic E-state index is 12.3. The molecule has 3 aromatic rings. The molecule has 0 radical (unpaired) electrons. The van der Waals surface area contributed by atoms with Crippen LogP contribution in [0.5, 0.6) is 5.75 Å². The third kappa shape index (κ3) is 4.49. The second kappa shape index (κ2) is 8.15. The Morgan fingerprint density at radius 2 is 1.88 bits per heavy atom. The highest BCUT2D eigenvalue weighted by Gasteiger charge is 2.09. The van der Waals surface area contributed by atoms with Gasteiger partial charge in [-0.25, -0.2) is 4.98 Å². The van der Waals surface area contributed by atoms with Gasteiger partial charge in [-0.3, -0.25) is 4.79 Å². The molecule has 0 aliphatic heterocycles. The average Bonchev–Trinajstić information content (AvgIpc) is 3.07. The average molecular weight is 366 g/mol. The van der Waals surface area contributed by atoms with Crippen LogP contribution >= 0.6 is 11.3 Å². The number of aryl methyl sites for hydroxylation is 2. The molecule has 0 bridgehead atoms. The fraction of sp³-hybridized carbons (Fsp3) is 0.238. The largest absolute Gasteiger partial charge is 0.494 e. The quantitative estimate of drug-likeness (QED) is 0.667. The van der Waals surface area contributed by atoms with Crippen molar-refractivity contribution in [3.63, 3.8) is 0 Å². The summed E-state index contributed by atoms with van der Waals surface area (Å²) in [6.07, 6.45) is 0.310. The Morgan fingerprint density at radius 3 is 2.58 bits per heavy atom. The molecule has 0 saturated carbocycles. The van der Waals surface area contributed by atoms with E-state index in [4.69, 9.17) is 4.74 Å². The van der Waals surface area contributed by atoms with Crippen molar-refractivity contribution in [1.29, 1.82) is 0 Å². The van der Waals surface area contributed by atoms with Crippen molar-refractivity contribution in [2.45, 2.75) is 27.2 Å². The number of hydrogen-bond acceptors (Lipinski definition) is 4. The first-order valence-electron chi connectivity index (χ1n) is 8.60. The van der Waals surface area contributed by atoms with E-state index in [9.17, 15) is 4.79 Å². The summed E-state index contributed by atoms with van der Waals surface area (Å²) in [5, 5.41) is 5.47. The van der Waals surface area contributed by atoms with Crippen LogP contribution in [0, 0.1) is 13.8 Å². The van der Waals surface area contributed by atoms with Crippen LogP contribution in [0.3, 0.4) is 0 Å². The molecule has 0 atom stereocenters. The molecular formula is C21H22N2O2S. The predicted molar refractivity (Wildman–Crippen MR) is 107 cm³/mol. The number of hydrogen-bond donors (Lipinski definition) is 1. The van der Waals surface area contributed by atoms with Crippen LogP contribution in [0.15, 0.2) is 47.8 Å². The monoisotopic (exact) mass is 366 g/mol. The lowest BCUT2D eigenvalue weighted by Crippen LogP contribution is -2.14. The lowest BCUT2D eigenvalue weighted by molar-refractivity contribution is -0.115. The Hall–Kier alpha value is -2.66. The van der Waals surface area contributed by atoms with Crippen LogP contribution in [-0.4, -0.2) is 17.5 Å². The zero-order valence-electron chi connectivity index (χ0n) is 15.2. The summed E-state index contributed by atoms with van der Waals surface area (Å²) in [6.45, 7) is 6.76. The van der Waals surface area contributed by atoms with Crippen molar-refractivity contribution in [2.24, 2.45) is 0 Å².